The highest BCUT2D eigenvalue weighted by atomic mass is 79.9. The molecule has 1 fully saturated rings. The molecule has 98 valence electrons. The van der Waals surface area contributed by atoms with E-state index in [-0.39, 0.29) is 5.91 Å². The van der Waals surface area contributed by atoms with Crippen LogP contribution in [0.2, 0.25) is 0 Å². The van der Waals surface area contributed by atoms with Gasteiger partial charge in [-0.05, 0) is 44.6 Å². The second-order valence-electron chi connectivity index (χ2n) is 4.64. The molecular weight excluding hydrogens is 360 g/mol. The first-order valence-electron chi connectivity index (χ1n) is 6.01. The molecular formula is C13H16Br2N2O. The summed E-state index contributed by atoms with van der Waals surface area (Å²) in [5, 5.41) is 3.00. The van der Waals surface area contributed by atoms with Crippen molar-refractivity contribution in [2.24, 2.45) is 0 Å². The number of nitrogens with one attached hydrogen (secondary N) is 1. The fourth-order valence-electron chi connectivity index (χ4n) is 2.23. The number of benzene rings is 1. The van der Waals surface area contributed by atoms with Crippen LogP contribution in [-0.2, 0) is 0 Å². The van der Waals surface area contributed by atoms with E-state index in [2.05, 4.69) is 49.1 Å². The lowest BCUT2D eigenvalue weighted by atomic mass is 10.2. The van der Waals surface area contributed by atoms with Crippen LogP contribution in [0.25, 0.3) is 0 Å². The molecule has 18 heavy (non-hydrogen) atoms. The van der Waals surface area contributed by atoms with Gasteiger partial charge in [-0.15, -0.1) is 0 Å². The predicted molar refractivity (Wildman–Crippen MR) is 79.8 cm³/mol. The predicted octanol–water partition coefficient (Wildman–Crippen LogP) is 3.04. The SMILES string of the molecule is CN1CCCC1CNC(=O)c1cc(Br)cc(Br)c1. The zero-order chi connectivity index (χ0) is 13.1. The van der Waals surface area contributed by atoms with Crippen molar-refractivity contribution < 1.29 is 4.79 Å². The molecule has 0 radical (unpaired) electrons. The molecule has 5 heteroatoms. The third kappa shape index (κ3) is 3.56. The summed E-state index contributed by atoms with van der Waals surface area (Å²) in [4.78, 5) is 14.3. The third-order valence-corrected chi connectivity index (χ3v) is 4.21. The van der Waals surface area contributed by atoms with Crippen molar-refractivity contribution in [1.29, 1.82) is 0 Å². The zero-order valence-corrected chi connectivity index (χ0v) is 13.4. The highest BCUT2D eigenvalue weighted by Crippen LogP contribution is 2.20. The molecule has 0 spiro atoms. The lowest BCUT2D eigenvalue weighted by Crippen LogP contribution is -2.38. The van der Waals surface area contributed by atoms with E-state index in [1.807, 2.05) is 18.2 Å². The minimum absolute atomic E-state index is 0.0164. The Bertz CT molecular complexity index is 430. The first kappa shape index (κ1) is 14.0. The zero-order valence-electron chi connectivity index (χ0n) is 10.2. The maximum Gasteiger partial charge on any atom is 0.251 e. The summed E-state index contributed by atoms with van der Waals surface area (Å²) in [6.45, 7) is 1.85. The van der Waals surface area contributed by atoms with Gasteiger partial charge in [-0.3, -0.25) is 4.79 Å². The van der Waals surface area contributed by atoms with E-state index in [0.29, 0.717) is 11.6 Å². The standard InChI is InChI=1S/C13H16Br2N2O/c1-17-4-2-3-12(17)8-16-13(18)9-5-10(14)7-11(15)6-9/h5-7,12H,2-4,8H2,1H3,(H,16,18). The topological polar surface area (TPSA) is 32.3 Å². The largest absolute Gasteiger partial charge is 0.350 e. The lowest BCUT2D eigenvalue weighted by molar-refractivity contribution is 0.0943. The first-order chi connectivity index (χ1) is 8.56. The van der Waals surface area contributed by atoms with Crippen molar-refractivity contribution in [3.05, 3.63) is 32.7 Å². The minimum Gasteiger partial charge on any atom is -0.350 e. The maximum atomic E-state index is 12.0. The molecule has 0 aliphatic carbocycles. The highest BCUT2D eigenvalue weighted by Gasteiger charge is 2.21. The van der Waals surface area contributed by atoms with Gasteiger partial charge in [0, 0.05) is 27.1 Å². The Morgan fingerprint density at radius 1 is 1.39 bits per heavy atom. The van der Waals surface area contributed by atoms with Crippen LogP contribution in [0.3, 0.4) is 0 Å². The van der Waals surface area contributed by atoms with Gasteiger partial charge in [0.05, 0.1) is 0 Å². The van der Waals surface area contributed by atoms with Crippen LogP contribution in [-0.4, -0.2) is 37.0 Å². The lowest BCUT2D eigenvalue weighted by Gasteiger charge is -2.19. The molecule has 3 nitrogen and oxygen atoms in total. The Hall–Kier alpha value is -0.390. The van der Waals surface area contributed by atoms with Crippen LogP contribution >= 0.6 is 31.9 Å². The molecule has 0 aromatic heterocycles. The molecule has 0 bridgehead atoms. The van der Waals surface area contributed by atoms with Crippen LogP contribution in [0.1, 0.15) is 23.2 Å². The third-order valence-electron chi connectivity index (χ3n) is 3.29. The van der Waals surface area contributed by atoms with E-state index < -0.39 is 0 Å². The molecule has 1 aliphatic heterocycles. The Balaban J connectivity index is 1.95. The van der Waals surface area contributed by atoms with Crippen molar-refractivity contribution in [2.75, 3.05) is 20.1 Å². The van der Waals surface area contributed by atoms with Gasteiger partial charge >= 0.3 is 0 Å². The second-order valence-corrected chi connectivity index (χ2v) is 6.48. The van der Waals surface area contributed by atoms with Crippen LogP contribution in [0.4, 0.5) is 0 Å². The molecule has 1 amide bonds. The fraction of sp³-hybridized carbons (Fsp3) is 0.462. The number of likely N-dealkylation sites (N-methyl/N-ethyl adjacent to an activating group) is 1. The summed E-state index contributed by atoms with van der Waals surface area (Å²) in [5.41, 5.74) is 0.678. The Morgan fingerprint density at radius 3 is 2.61 bits per heavy atom. The number of halogens is 2. The molecule has 1 N–H and O–H groups in total. The summed E-state index contributed by atoms with van der Waals surface area (Å²) in [7, 11) is 2.11. The summed E-state index contributed by atoms with van der Waals surface area (Å²) >= 11 is 6.78. The Labute approximate surface area is 124 Å². The summed E-state index contributed by atoms with van der Waals surface area (Å²) in [6, 6.07) is 6.06. The smallest absolute Gasteiger partial charge is 0.251 e. The quantitative estimate of drug-likeness (QED) is 0.880. The van der Waals surface area contributed by atoms with E-state index in [1.54, 1.807) is 0 Å². The maximum absolute atomic E-state index is 12.0. The average Bonchev–Trinajstić information content (AvgIpc) is 2.70. The van der Waals surface area contributed by atoms with Crippen LogP contribution in [0.15, 0.2) is 27.1 Å². The van der Waals surface area contributed by atoms with E-state index in [4.69, 9.17) is 0 Å². The van der Waals surface area contributed by atoms with Crippen LogP contribution in [0.5, 0.6) is 0 Å². The van der Waals surface area contributed by atoms with E-state index in [9.17, 15) is 4.79 Å². The summed E-state index contributed by atoms with van der Waals surface area (Å²) in [5.74, 6) is -0.0164. The molecule has 1 aromatic rings. The molecule has 1 aliphatic rings. The van der Waals surface area contributed by atoms with E-state index in [0.717, 1.165) is 22.0 Å². The molecule has 1 unspecified atom stereocenters. The van der Waals surface area contributed by atoms with Gasteiger partial charge in [-0.25, -0.2) is 0 Å². The second kappa shape index (κ2) is 6.17. The normalized spacial score (nSPS) is 20.1. The Morgan fingerprint density at radius 2 is 2.06 bits per heavy atom. The van der Waals surface area contributed by atoms with Gasteiger partial charge in [0.15, 0.2) is 0 Å². The van der Waals surface area contributed by atoms with E-state index >= 15 is 0 Å². The first-order valence-corrected chi connectivity index (χ1v) is 7.59. The molecule has 1 heterocycles. The highest BCUT2D eigenvalue weighted by molar-refractivity contribution is 9.11. The summed E-state index contributed by atoms with van der Waals surface area (Å²) < 4.78 is 1.81. The van der Waals surface area contributed by atoms with Gasteiger partial charge in [-0.1, -0.05) is 31.9 Å². The molecule has 2 rings (SSSR count). The van der Waals surface area contributed by atoms with Gasteiger partial charge in [-0.2, -0.15) is 0 Å². The van der Waals surface area contributed by atoms with Crippen molar-refractivity contribution in [3.8, 4) is 0 Å². The monoisotopic (exact) mass is 374 g/mol. The van der Waals surface area contributed by atoms with Gasteiger partial charge < -0.3 is 10.2 Å². The molecule has 1 saturated heterocycles. The number of hydrogen-bond donors (Lipinski definition) is 1. The number of likely N-dealkylation sites (tertiary alicyclic amines) is 1. The fourth-order valence-corrected chi connectivity index (χ4v) is 3.53. The number of nitrogens with zero attached hydrogens (tertiary/aromatic N) is 1. The van der Waals surface area contributed by atoms with E-state index in [1.165, 1.54) is 12.8 Å². The number of amides is 1. The van der Waals surface area contributed by atoms with Crippen LogP contribution < -0.4 is 5.32 Å². The molecule has 0 saturated carbocycles. The number of rotatable bonds is 3. The van der Waals surface area contributed by atoms with Crippen molar-refractivity contribution in [1.82, 2.24) is 10.2 Å². The molecule has 1 atom stereocenters. The number of carbonyl (C=O) groups excluding carboxylic acids is 1. The van der Waals surface area contributed by atoms with Crippen molar-refractivity contribution in [2.45, 2.75) is 18.9 Å². The van der Waals surface area contributed by atoms with Crippen LogP contribution in [0, 0.1) is 0 Å². The Kier molecular flexibility index (Phi) is 4.81. The number of hydrogen-bond acceptors (Lipinski definition) is 2. The van der Waals surface area contributed by atoms with Crippen molar-refractivity contribution >= 4 is 37.8 Å². The summed E-state index contributed by atoms with van der Waals surface area (Å²) in [6.07, 6.45) is 2.39. The van der Waals surface area contributed by atoms with Crippen molar-refractivity contribution in [3.63, 3.8) is 0 Å². The van der Waals surface area contributed by atoms with Gasteiger partial charge in [0.25, 0.3) is 5.91 Å². The van der Waals surface area contributed by atoms with Gasteiger partial charge in [0.2, 0.25) is 0 Å². The minimum atomic E-state index is -0.0164. The van der Waals surface area contributed by atoms with Gasteiger partial charge in [0.1, 0.15) is 0 Å². The average molecular weight is 376 g/mol. The number of carbonyl (C=O) groups is 1. The molecule has 1 aromatic carbocycles.